The number of hydrogen-bond donors (Lipinski definition) is 0. The molecule has 2 aromatic carbocycles. The van der Waals surface area contributed by atoms with E-state index in [4.69, 9.17) is 9.47 Å². The molecule has 0 spiro atoms. The normalized spacial score (nSPS) is 15.2. The second-order valence-electron chi connectivity index (χ2n) is 6.65. The topological polar surface area (TPSA) is 57.5 Å². The van der Waals surface area contributed by atoms with Crippen molar-refractivity contribution >= 4 is 16.9 Å². The van der Waals surface area contributed by atoms with E-state index >= 15 is 0 Å². The van der Waals surface area contributed by atoms with Crippen LogP contribution in [0.15, 0.2) is 41.3 Å². The van der Waals surface area contributed by atoms with Gasteiger partial charge in [0.15, 0.2) is 17.4 Å². The van der Waals surface area contributed by atoms with E-state index in [1.165, 1.54) is 10.8 Å². The molecule has 0 aliphatic carbocycles. The number of pyridine rings is 1. The monoisotopic (exact) mass is 403 g/mol. The Morgan fingerprint density at radius 1 is 1.17 bits per heavy atom. The van der Waals surface area contributed by atoms with E-state index in [0.29, 0.717) is 6.42 Å². The van der Waals surface area contributed by atoms with Gasteiger partial charge in [-0.05, 0) is 18.9 Å². The number of rotatable bonds is 4. The predicted molar refractivity (Wildman–Crippen MR) is 98.7 cm³/mol. The van der Waals surface area contributed by atoms with Crippen molar-refractivity contribution < 1.29 is 27.4 Å². The first-order chi connectivity index (χ1) is 13.9. The Morgan fingerprint density at radius 3 is 2.59 bits per heavy atom. The summed E-state index contributed by atoms with van der Waals surface area (Å²) in [5.41, 5.74) is -0.824. The number of ether oxygens (including phenoxy) is 2. The maximum absolute atomic E-state index is 14.6. The third-order valence-electron chi connectivity index (χ3n) is 4.88. The number of carbonyl (C=O) groups is 1. The Morgan fingerprint density at radius 2 is 1.90 bits per heavy atom. The fourth-order valence-electron chi connectivity index (χ4n) is 3.55. The maximum atomic E-state index is 14.6. The van der Waals surface area contributed by atoms with Crippen molar-refractivity contribution in [2.24, 2.45) is 0 Å². The standard InChI is InChI=1S/C21H16F3NO4/c1-2-28-21(27)13-9-25-12(8-11-6-4-3-5-7-11)10-29-20-17(24)16(23)15(22)14(18(20)25)19(13)26/h3-7,9,12H,2,8,10H2,1H3/t12-/m0/s1. The summed E-state index contributed by atoms with van der Waals surface area (Å²) in [6.45, 7) is 1.50. The highest BCUT2D eigenvalue weighted by Gasteiger charge is 2.33. The molecule has 1 aromatic heterocycles. The highest BCUT2D eigenvalue weighted by atomic mass is 19.2. The van der Waals surface area contributed by atoms with Gasteiger partial charge in [0, 0.05) is 6.20 Å². The Labute approximate surface area is 163 Å². The second kappa shape index (κ2) is 7.27. The molecule has 3 aromatic rings. The fourth-order valence-corrected chi connectivity index (χ4v) is 3.55. The van der Waals surface area contributed by atoms with Gasteiger partial charge in [0.2, 0.25) is 11.2 Å². The van der Waals surface area contributed by atoms with Gasteiger partial charge in [-0.3, -0.25) is 4.79 Å². The lowest BCUT2D eigenvalue weighted by atomic mass is 10.0. The van der Waals surface area contributed by atoms with Crippen LogP contribution in [0.1, 0.15) is 28.9 Å². The van der Waals surface area contributed by atoms with E-state index in [1.807, 2.05) is 30.3 Å². The van der Waals surface area contributed by atoms with E-state index in [-0.39, 0.29) is 18.7 Å². The van der Waals surface area contributed by atoms with Gasteiger partial charge in [-0.25, -0.2) is 13.6 Å². The zero-order valence-corrected chi connectivity index (χ0v) is 15.4. The SMILES string of the molecule is CCOC(=O)c1cn2c3c(c(F)c(F)c(F)c3c1=O)OC[C@@H]2Cc1ccccc1. The number of benzene rings is 2. The number of nitrogens with zero attached hydrogens (tertiary/aromatic N) is 1. The lowest BCUT2D eigenvalue weighted by Crippen LogP contribution is -2.31. The van der Waals surface area contributed by atoms with Crippen LogP contribution < -0.4 is 10.2 Å². The first-order valence-electron chi connectivity index (χ1n) is 9.03. The molecule has 0 fully saturated rings. The van der Waals surface area contributed by atoms with Gasteiger partial charge in [-0.2, -0.15) is 4.39 Å². The van der Waals surface area contributed by atoms with Gasteiger partial charge in [0.25, 0.3) is 0 Å². The summed E-state index contributed by atoms with van der Waals surface area (Å²) in [5, 5.41) is -0.734. The summed E-state index contributed by atoms with van der Waals surface area (Å²) in [5.74, 6) is -6.49. The van der Waals surface area contributed by atoms with Crippen molar-refractivity contribution in [2.45, 2.75) is 19.4 Å². The van der Waals surface area contributed by atoms with Crippen LogP contribution in [0, 0.1) is 17.5 Å². The number of carbonyl (C=O) groups excluding carboxylic acids is 1. The van der Waals surface area contributed by atoms with Gasteiger partial charge >= 0.3 is 5.97 Å². The molecule has 0 radical (unpaired) electrons. The number of aromatic nitrogens is 1. The number of esters is 1. The second-order valence-corrected chi connectivity index (χ2v) is 6.65. The van der Waals surface area contributed by atoms with E-state index in [0.717, 1.165) is 5.56 Å². The molecule has 0 N–H and O–H groups in total. The lowest BCUT2D eigenvalue weighted by molar-refractivity contribution is 0.0523. The van der Waals surface area contributed by atoms with Crippen LogP contribution >= 0.6 is 0 Å². The third-order valence-corrected chi connectivity index (χ3v) is 4.88. The molecule has 0 saturated carbocycles. The van der Waals surface area contributed by atoms with Gasteiger partial charge in [-0.1, -0.05) is 30.3 Å². The highest BCUT2D eigenvalue weighted by molar-refractivity contribution is 5.96. The Balaban J connectivity index is 2.00. The lowest BCUT2D eigenvalue weighted by Gasteiger charge is -2.30. The minimum absolute atomic E-state index is 0.00161. The fraction of sp³-hybridized carbons (Fsp3) is 0.238. The van der Waals surface area contributed by atoms with Crippen LogP contribution in [0.5, 0.6) is 5.75 Å². The quantitative estimate of drug-likeness (QED) is 0.492. The smallest absolute Gasteiger partial charge is 0.343 e. The molecule has 4 rings (SSSR count). The highest BCUT2D eigenvalue weighted by Crippen LogP contribution is 2.38. The first-order valence-corrected chi connectivity index (χ1v) is 9.03. The average molecular weight is 403 g/mol. The Kier molecular flexibility index (Phi) is 4.77. The summed E-state index contributed by atoms with van der Waals surface area (Å²) in [7, 11) is 0. The van der Waals surface area contributed by atoms with Gasteiger partial charge in [0.05, 0.1) is 18.0 Å². The summed E-state index contributed by atoms with van der Waals surface area (Å²) in [6.07, 6.45) is 1.61. The van der Waals surface area contributed by atoms with Crippen LogP contribution in [-0.2, 0) is 11.2 Å². The molecular weight excluding hydrogens is 387 g/mol. The van der Waals surface area contributed by atoms with Gasteiger partial charge in [-0.15, -0.1) is 0 Å². The molecular formula is C21H16F3NO4. The van der Waals surface area contributed by atoms with Crippen molar-refractivity contribution in [3.8, 4) is 5.75 Å². The van der Waals surface area contributed by atoms with E-state index in [2.05, 4.69) is 0 Å². The van der Waals surface area contributed by atoms with Crippen molar-refractivity contribution in [3.63, 3.8) is 0 Å². The van der Waals surface area contributed by atoms with Gasteiger partial charge < -0.3 is 14.0 Å². The molecule has 0 amide bonds. The average Bonchev–Trinajstić information content (AvgIpc) is 2.72. The molecule has 8 heteroatoms. The summed E-state index contributed by atoms with van der Waals surface area (Å²) < 4.78 is 54.7. The molecule has 2 heterocycles. The zero-order chi connectivity index (χ0) is 20.7. The zero-order valence-electron chi connectivity index (χ0n) is 15.4. The predicted octanol–water partition coefficient (Wildman–Crippen LogP) is 3.77. The Bertz CT molecular complexity index is 1170. The van der Waals surface area contributed by atoms with Crippen LogP contribution in [0.2, 0.25) is 0 Å². The molecule has 0 bridgehead atoms. The van der Waals surface area contributed by atoms with Crippen LogP contribution in [0.25, 0.3) is 10.9 Å². The largest absolute Gasteiger partial charge is 0.486 e. The van der Waals surface area contributed by atoms with E-state index in [9.17, 15) is 22.8 Å². The van der Waals surface area contributed by atoms with Crippen molar-refractivity contribution in [1.29, 1.82) is 0 Å². The molecule has 150 valence electrons. The summed E-state index contributed by atoms with van der Waals surface area (Å²) in [4.78, 5) is 25.0. The molecule has 1 atom stereocenters. The minimum Gasteiger partial charge on any atom is -0.486 e. The summed E-state index contributed by atoms with van der Waals surface area (Å²) >= 11 is 0. The first kappa shape index (κ1) is 19.0. The third kappa shape index (κ3) is 3.04. The molecule has 5 nitrogen and oxygen atoms in total. The Hall–Kier alpha value is -3.29. The number of halogens is 3. The summed E-state index contributed by atoms with van der Waals surface area (Å²) in [6, 6.07) is 8.78. The van der Waals surface area contributed by atoms with E-state index in [1.54, 1.807) is 6.92 Å². The molecule has 0 unspecified atom stereocenters. The molecule has 29 heavy (non-hydrogen) atoms. The van der Waals surface area contributed by atoms with Gasteiger partial charge in [0.1, 0.15) is 17.7 Å². The van der Waals surface area contributed by atoms with Crippen molar-refractivity contribution in [3.05, 3.63) is 75.3 Å². The molecule has 0 saturated heterocycles. The number of hydrogen-bond acceptors (Lipinski definition) is 4. The van der Waals surface area contributed by atoms with Crippen LogP contribution in [0.3, 0.4) is 0 Å². The molecule has 1 aliphatic heterocycles. The van der Waals surface area contributed by atoms with Crippen LogP contribution in [-0.4, -0.2) is 23.8 Å². The minimum atomic E-state index is -1.82. The maximum Gasteiger partial charge on any atom is 0.343 e. The molecule has 1 aliphatic rings. The van der Waals surface area contributed by atoms with E-state index < -0.39 is 51.6 Å². The van der Waals surface area contributed by atoms with Crippen LogP contribution in [0.4, 0.5) is 13.2 Å². The van der Waals surface area contributed by atoms with Crippen molar-refractivity contribution in [1.82, 2.24) is 4.57 Å². The van der Waals surface area contributed by atoms with Crippen molar-refractivity contribution in [2.75, 3.05) is 13.2 Å².